The molecule has 0 bridgehead atoms. The Labute approximate surface area is 164 Å². The Morgan fingerprint density at radius 2 is 1.93 bits per heavy atom. The predicted octanol–water partition coefficient (Wildman–Crippen LogP) is 4.28. The second kappa shape index (κ2) is 8.55. The Balaban J connectivity index is 1.59. The van der Waals surface area contributed by atoms with Gasteiger partial charge in [0.1, 0.15) is 5.75 Å². The largest absolute Gasteiger partial charge is 0.504 e. The number of carbonyl (C=O) groups is 1. The van der Waals surface area contributed by atoms with Crippen LogP contribution >= 0.6 is 15.9 Å². The lowest BCUT2D eigenvalue weighted by atomic mass is 10.2. The molecule has 7 heteroatoms. The normalized spacial score (nSPS) is 10.3. The minimum absolute atomic E-state index is 0.0538. The summed E-state index contributed by atoms with van der Waals surface area (Å²) in [6.07, 6.45) is 1.46. The fourth-order valence-electron chi connectivity index (χ4n) is 2.31. The predicted molar refractivity (Wildman–Crippen MR) is 104 cm³/mol. The first-order valence-electron chi connectivity index (χ1n) is 8.09. The molecular formula is C20H17BrN2O4. The van der Waals surface area contributed by atoms with Gasteiger partial charge in [-0.1, -0.05) is 22.0 Å². The van der Waals surface area contributed by atoms with E-state index in [1.807, 2.05) is 24.3 Å². The quantitative estimate of drug-likeness (QED) is 0.612. The number of phenolic OH excluding ortho intramolecular Hbond substituents is 1. The third-order valence-electron chi connectivity index (χ3n) is 3.73. The number of ether oxygens (including phenoxy) is 2. The fourth-order valence-corrected chi connectivity index (χ4v) is 2.58. The molecule has 27 heavy (non-hydrogen) atoms. The van der Waals surface area contributed by atoms with E-state index in [2.05, 4.69) is 26.2 Å². The molecular weight excluding hydrogens is 412 g/mol. The van der Waals surface area contributed by atoms with Gasteiger partial charge < -0.3 is 19.9 Å². The van der Waals surface area contributed by atoms with Crippen molar-refractivity contribution in [3.8, 4) is 23.1 Å². The van der Waals surface area contributed by atoms with E-state index in [-0.39, 0.29) is 11.7 Å². The topological polar surface area (TPSA) is 80.7 Å². The number of pyridine rings is 1. The van der Waals surface area contributed by atoms with Gasteiger partial charge in [0.15, 0.2) is 11.5 Å². The maximum Gasteiger partial charge on any atom is 0.253 e. The maximum absolute atomic E-state index is 12.3. The molecule has 2 N–H and O–H groups in total. The van der Waals surface area contributed by atoms with Gasteiger partial charge in [0.2, 0.25) is 5.88 Å². The van der Waals surface area contributed by atoms with Crippen molar-refractivity contribution in [3.63, 3.8) is 0 Å². The number of nitrogens with one attached hydrogen (secondary N) is 1. The molecule has 2 aromatic carbocycles. The highest BCUT2D eigenvalue weighted by Crippen LogP contribution is 2.26. The van der Waals surface area contributed by atoms with Crippen LogP contribution in [0.1, 0.15) is 15.9 Å². The zero-order valence-corrected chi connectivity index (χ0v) is 16.1. The van der Waals surface area contributed by atoms with Crippen molar-refractivity contribution in [2.24, 2.45) is 0 Å². The molecule has 3 rings (SSSR count). The third kappa shape index (κ3) is 4.98. The number of aromatic hydroxyl groups is 1. The highest BCUT2D eigenvalue weighted by Gasteiger charge is 2.08. The number of hydrogen-bond donors (Lipinski definition) is 2. The summed E-state index contributed by atoms with van der Waals surface area (Å²) in [6, 6.07) is 15.6. The molecule has 3 aromatic rings. The van der Waals surface area contributed by atoms with Crippen LogP contribution in [0.25, 0.3) is 0 Å². The Hall–Kier alpha value is -3.06. The number of hydrogen-bond acceptors (Lipinski definition) is 5. The van der Waals surface area contributed by atoms with Crippen molar-refractivity contribution >= 4 is 21.8 Å². The van der Waals surface area contributed by atoms with E-state index in [0.717, 1.165) is 10.0 Å². The summed E-state index contributed by atoms with van der Waals surface area (Å²) >= 11 is 3.36. The molecule has 0 fully saturated rings. The molecule has 0 radical (unpaired) electrons. The minimum Gasteiger partial charge on any atom is -0.504 e. The van der Waals surface area contributed by atoms with E-state index in [0.29, 0.717) is 29.5 Å². The molecule has 0 unspecified atom stereocenters. The van der Waals surface area contributed by atoms with Gasteiger partial charge >= 0.3 is 0 Å². The Morgan fingerprint density at radius 1 is 1.15 bits per heavy atom. The summed E-state index contributed by atoms with van der Waals surface area (Å²) in [4.78, 5) is 16.4. The van der Waals surface area contributed by atoms with E-state index in [1.54, 1.807) is 24.3 Å². The molecule has 0 atom stereocenters. The molecule has 6 nitrogen and oxygen atoms in total. The average molecular weight is 429 g/mol. The van der Waals surface area contributed by atoms with Gasteiger partial charge in [-0.25, -0.2) is 4.98 Å². The summed E-state index contributed by atoms with van der Waals surface area (Å²) in [7, 11) is 1.47. The second-order valence-corrected chi connectivity index (χ2v) is 6.55. The second-order valence-electron chi connectivity index (χ2n) is 5.63. The van der Waals surface area contributed by atoms with Gasteiger partial charge in [0.25, 0.3) is 5.91 Å². The number of halogens is 1. The standard InChI is InChI=1S/C20H17BrN2O4/c1-26-18-10-13(2-8-17(18)24)11-23-20(25)14-3-9-19(22-12-14)27-16-6-4-15(21)5-7-16/h2-10,12,24H,11H2,1H3,(H,23,25). The van der Waals surface area contributed by atoms with Crippen molar-refractivity contribution in [3.05, 3.63) is 76.4 Å². The minimum atomic E-state index is -0.260. The van der Waals surface area contributed by atoms with Crippen molar-refractivity contribution in [2.75, 3.05) is 7.11 Å². The molecule has 0 saturated heterocycles. The zero-order valence-electron chi connectivity index (χ0n) is 14.5. The maximum atomic E-state index is 12.3. The van der Waals surface area contributed by atoms with Crippen molar-refractivity contribution in [1.29, 1.82) is 0 Å². The summed E-state index contributed by atoms with van der Waals surface area (Å²) in [6.45, 7) is 0.298. The number of amides is 1. The lowest BCUT2D eigenvalue weighted by Gasteiger charge is -2.09. The van der Waals surface area contributed by atoms with Gasteiger partial charge in [0.05, 0.1) is 12.7 Å². The summed E-state index contributed by atoms with van der Waals surface area (Å²) in [5, 5.41) is 12.4. The smallest absolute Gasteiger partial charge is 0.253 e. The number of benzene rings is 2. The van der Waals surface area contributed by atoms with Crippen LogP contribution in [0.5, 0.6) is 23.1 Å². The van der Waals surface area contributed by atoms with Crippen LogP contribution in [0.2, 0.25) is 0 Å². The van der Waals surface area contributed by atoms with Gasteiger partial charge in [-0.2, -0.15) is 0 Å². The van der Waals surface area contributed by atoms with Crippen LogP contribution in [0.15, 0.2) is 65.3 Å². The van der Waals surface area contributed by atoms with Gasteiger partial charge in [-0.3, -0.25) is 4.79 Å². The number of methoxy groups -OCH3 is 1. The Morgan fingerprint density at radius 3 is 2.59 bits per heavy atom. The Kier molecular flexibility index (Phi) is 5.93. The summed E-state index contributed by atoms with van der Waals surface area (Å²) < 4.78 is 11.6. The summed E-state index contributed by atoms with van der Waals surface area (Å²) in [5.74, 6) is 1.21. The lowest BCUT2D eigenvalue weighted by molar-refractivity contribution is 0.0950. The first kappa shape index (κ1) is 18.7. The molecule has 1 aromatic heterocycles. The molecule has 1 amide bonds. The average Bonchev–Trinajstić information content (AvgIpc) is 2.69. The van der Waals surface area contributed by atoms with Crippen LogP contribution in [0.3, 0.4) is 0 Å². The molecule has 0 aliphatic rings. The number of aromatic nitrogens is 1. The van der Waals surface area contributed by atoms with Crippen molar-refractivity contribution in [2.45, 2.75) is 6.54 Å². The van der Waals surface area contributed by atoms with Crippen LogP contribution in [0, 0.1) is 0 Å². The molecule has 1 heterocycles. The molecule has 0 aliphatic carbocycles. The number of nitrogens with zero attached hydrogens (tertiary/aromatic N) is 1. The molecule has 138 valence electrons. The van der Waals surface area contributed by atoms with Gasteiger partial charge in [0, 0.05) is 23.3 Å². The van der Waals surface area contributed by atoms with Crippen LogP contribution < -0.4 is 14.8 Å². The number of carbonyl (C=O) groups excluding carboxylic acids is 1. The van der Waals surface area contributed by atoms with E-state index in [9.17, 15) is 9.90 Å². The molecule has 0 aliphatic heterocycles. The van der Waals surface area contributed by atoms with Crippen LogP contribution in [-0.2, 0) is 6.54 Å². The van der Waals surface area contributed by atoms with E-state index < -0.39 is 0 Å². The van der Waals surface area contributed by atoms with Gasteiger partial charge in [-0.15, -0.1) is 0 Å². The first-order valence-corrected chi connectivity index (χ1v) is 8.88. The van der Waals surface area contributed by atoms with E-state index in [1.165, 1.54) is 19.4 Å². The SMILES string of the molecule is COc1cc(CNC(=O)c2ccc(Oc3ccc(Br)cc3)nc2)ccc1O. The monoisotopic (exact) mass is 428 g/mol. The van der Waals surface area contributed by atoms with Crippen molar-refractivity contribution in [1.82, 2.24) is 10.3 Å². The third-order valence-corrected chi connectivity index (χ3v) is 4.26. The first-order chi connectivity index (χ1) is 13.0. The molecule has 0 saturated carbocycles. The van der Waals surface area contributed by atoms with Gasteiger partial charge in [-0.05, 0) is 48.0 Å². The lowest BCUT2D eigenvalue weighted by Crippen LogP contribution is -2.22. The highest BCUT2D eigenvalue weighted by molar-refractivity contribution is 9.10. The van der Waals surface area contributed by atoms with Crippen molar-refractivity contribution < 1.29 is 19.4 Å². The Bertz CT molecular complexity index is 928. The highest BCUT2D eigenvalue weighted by atomic mass is 79.9. The number of phenols is 1. The van der Waals surface area contributed by atoms with Crippen LogP contribution in [0.4, 0.5) is 0 Å². The molecule has 0 spiro atoms. The fraction of sp³-hybridized carbons (Fsp3) is 0.100. The summed E-state index contributed by atoms with van der Waals surface area (Å²) in [5.41, 5.74) is 1.23. The zero-order chi connectivity index (χ0) is 19.2. The van der Waals surface area contributed by atoms with E-state index >= 15 is 0 Å². The van der Waals surface area contributed by atoms with Crippen LogP contribution in [-0.4, -0.2) is 23.1 Å². The van der Waals surface area contributed by atoms with E-state index in [4.69, 9.17) is 9.47 Å². The number of rotatable bonds is 6.